The van der Waals surface area contributed by atoms with Crippen LogP contribution in [0.5, 0.6) is 5.75 Å². The van der Waals surface area contributed by atoms with Gasteiger partial charge in [-0.25, -0.2) is 19.6 Å². The second-order valence-corrected chi connectivity index (χ2v) is 10.3. The van der Waals surface area contributed by atoms with Crippen molar-refractivity contribution in [2.45, 2.75) is 39.5 Å². The summed E-state index contributed by atoms with van der Waals surface area (Å²) in [6, 6.07) is 6.00. The number of nitrogens with one attached hydrogen (secondary N) is 2. The number of aryl methyl sites for hydroxylation is 2. The lowest BCUT2D eigenvalue weighted by Gasteiger charge is -2.14. The average Bonchev–Trinajstić information content (AvgIpc) is 3.68. The molecule has 4 heterocycles. The van der Waals surface area contributed by atoms with Crippen LogP contribution in [0, 0.1) is 0 Å². The Kier molecular flexibility index (Phi) is 12.0. The number of phenolic OH excluding ortho intramolecular Hbond substituents is 1. The van der Waals surface area contributed by atoms with Gasteiger partial charge in [-0.05, 0) is 23.0 Å². The molecule has 0 unspecified atom stereocenters. The van der Waals surface area contributed by atoms with Crippen molar-refractivity contribution in [3.63, 3.8) is 0 Å². The van der Waals surface area contributed by atoms with E-state index in [4.69, 9.17) is 11.5 Å². The Morgan fingerprint density at radius 3 is 1.35 bits per heavy atom. The first-order valence-corrected chi connectivity index (χ1v) is 13.6. The topological polar surface area (TPSA) is 218 Å². The lowest BCUT2D eigenvalue weighted by atomic mass is 9.94. The van der Waals surface area contributed by atoms with Crippen molar-refractivity contribution < 1.29 is 5.11 Å². The zero-order chi connectivity index (χ0) is 32.6. The number of hydrogen-bond acceptors (Lipinski definition) is 9. The standard InChI is InChI=1S/C12H18O.2C7H8N4O2.C2H8N2/c1-8(2)10-6-5-7-11(9(3)4)12(10)13;2*1-10-5-4(8-3-9-5)6(12)11(2)7(10)13;3-1-2-4/h5-9,13H,1-4H3;2*3H,1-2H3,(H,8,9);1-4H2. The number of imidazole rings is 2. The van der Waals surface area contributed by atoms with Crippen LogP contribution in [0.25, 0.3) is 22.3 Å². The highest BCUT2D eigenvalue weighted by molar-refractivity contribution is 5.69. The minimum absolute atomic E-state index is 0.351. The summed E-state index contributed by atoms with van der Waals surface area (Å²) in [7, 11) is 6.02. The summed E-state index contributed by atoms with van der Waals surface area (Å²) in [5.41, 5.74) is 11.9. The van der Waals surface area contributed by atoms with Gasteiger partial charge in [0.05, 0.1) is 12.7 Å². The van der Waals surface area contributed by atoms with Crippen molar-refractivity contribution in [1.82, 2.24) is 38.2 Å². The van der Waals surface area contributed by atoms with Crippen molar-refractivity contribution in [3.05, 3.63) is 83.7 Å². The molecule has 0 amide bonds. The number of H-pyrrole nitrogens is 2. The minimum Gasteiger partial charge on any atom is -0.507 e. The molecule has 43 heavy (non-hydrogen) atoms. The van der Waals surface area contributed by atoms with E-state index in [9.17, 15) is 24.3 Å². The Bertz CT molecular complexity index is 1770. The van der Waals surface area contributed by atoms with Crippen LogP contribution in [0.4, 0.5) is 0 Å². The number of fused-ring (bicyclic) bond motifs is 2. The van der Waals surface area contributed by atoms with E-state index >= 15 is 0 Å². The summed E-state index contributed by atoms with van der Waals surface area (Å²) in [5.74, 6) is 1.25. The second kappa shape index (κ2) is 14.9. The fraction of sp³-hybridized carbons (Fsp3) is 0.429. The molecule has 5 aromatic rings. The lowest BCUT2D eigenvalue weighted by molar-refractivity contribution is 0.454. The van der Waals surface area contributed by atoms with Gasteiger partial charge >= 0.3 is 11.4 Å². The molecule has 0 spiro atoms. The van der Waals surface area contributed by atoms with Gasteiger partial charge in [0.15, 0.2) is 11.3 Å². The molecule has 15 nitrogen and oxygen atoms in total. The Balaban J connectivity index is 0.000000212. The molecular formula is C28H42N10O5. The fourth-order valence-corrected chi connectivity index (χ4v) is 4.05. The maximum atomic E-state index is 11.4. The number of para-hydroxylation sites is 1. The summed E-state index contributed by atoms with van der Waals surface area (Å²) in [5, 5.41) is 9.93. The third-order valence-electron chi connectivity index (χ3n) is 6.57. The van der Waals surface area contributed by atoms with Gasteiger partial charge < -0.3 is 26.5 Å². The van der Waals surface area contributed by atoms with Gasteiger partial charge in [0.25, 0.3) is 11.1 Å². The molecule has 0 bridgehead atoms. The third kappa shape index (κ3) is 7.55. The molecule has 0 fully saturated rings. The van der Waals surface area contributed by atoms with Crippen LogP contribution in [-0.4, -0.2) is 56.4 Å². The van der Waals surface area contributed by atoms with Gasteiger partial charge in [-0.15, -0.1) is 0 Å². The molecular weight excluding hydrogens is 556 g/mol. The molecule has 5 rings (SSSR count). The van der Waals surface area contributed by atoms with Crippen molar-refractivity contribution in [2.24, 2.45) is 39.7 Å². The number of benzene rings is 1. The molecule has 7 N–H and O–H groups in total. The number of nitrogens with zero attached hydrogens (tertiary/aromatic N) is 6. The molecule has 0 saturated heterocycles. The van der Waals surface area contributed by atoms with E-state index in [2.05, 4.69) is 47.6 Å². The highest BCUT2D eigenvalue weighted by Gasteiger charge is 2.12. The number of aromatic amines is 2. The molecule has 0 radical (unpaired) electrons. The molecule has 234 valence electrons. The highest BCUT2D eigenvalue weighted by atomic mass is 16.3. The van der Waals surface area contributed by atoms with Crippen LogP contribution in [0.1, 0.15) is 50.7 Å². The van der Waals surface area contributed by atoms with Crippen LogP contribution in [0.15, 0.2) is 50.0 Å². The maximum absolute atomic E-state index is 11.4. The molecule has 0 aliphatic rings. The summed E-state index contributed by atoms with van der Waals surface area (Å²) in [6.07, 6.45) is 2.79. The minimum atomic E-state index is -0.371. The highest BCUT2D eigenvalue weighted by Crippen LogP contribution is 2.32. The van der Waals surface area contributed by atoms with Gasteiger partial charge in [-0.3, -0.25) is 27.9 Å². The number of hydrogen-bond donors (Lipinski definition) is 5. The van der Waals surface area contributed by atoms with Crippen molar-refractivity contribution >= 4 is 22.3 Å². The number of nitrogens with two attached hydrogens (primary N) is 2. The molecule has 0 aliphatic heterocycles. The van der Waals surface area contributed by atoms with E-state index in [0.717, 1.165) is 20.3 Å². The summed E-state index contributed by atoms with van der Waals surface area (Å²) >= 11 is 0. The van der Waals surface area contributed by atoms with Crippen LogP contribution in [0.3, 0.4) is 0 Å². The predicted octanol–water partition coefficient (Wildman–Crippen LogP) is 0.463. The normalized spacial score (nSPS) is 10.7. The quantitative estimate of drug-likeness (QED) is 0.195. The van der Waals surface area contributed by atoms with E-state index in [1.165, 1.54) is 35.9 Å². The number of aromatic hydroxyl groups is 1. The zero-order valence-electron chi connectivity index (χ0n) is 25.9. The third-order valence-corrected chi connectivity index (χ3v) is 6.57. The monoisotopic (exact) mass is 598 g/mol. The van der Waals surface area contributed by atoms with E-state index < -0.39 is 0 Å². The smallest absolute Gasteiger partial charge is 0.332 e. The Labute approximate surface area is 247 Å². The molecule has 15 heteroatoms. The Morgan fingerprint density at radius 2 is 1.05 bits per heavy atom. The number of phenols is 1. The van der Waals surface area contributed by atoms with Gasteiger partial charge in [0.1, 0.15) is 16.8 Å². The first kappa shape index (κ1) is 34.4. The van der Waals surface area contributed by atoms with E-state index in [1.807, 2.05) is 18.2 Å². The van der Waals surface area contributed by atoms with Crippen molar-refractivity contribution in [2.75, 3.05) is 13.1 Å². The predicted molar refractivity (Wildman–Crippen MR) is 168 cm³/mol. The molecule has 0 aliphatic carbocycles. The Morgan fingerprint density at radius 1 is 0.698 bits per heavy atom. The molecule has 4 aromatic heterocycles. The van der Waals surface area contributed by atoms with Crippen molar-refractivity contribution in [3.8, 4) is 5.75 Å². The van der Waals surface area contributed by atoms with E-state index in [0.29, 0.717) is 53.0 Å². The van der Waals surface area contributed by atoms with Crippen LogP contribution in [-0.2, 0) is 28.2 Å². The lowest BCUT2D eigenvalue weighted by Crippen LogP contribution is -2.36. The summed E-state index contributed by atoms with van der Waals surface area (Å²) < 4.78 is 4.74. The maximum Gasteiger partial charge on any atom is 0.332 e. The first-order valence-electron chi connectivity index (χ1n) is 13.6. The van der Waals surface area contributed by atoms with E-state index in [1.54, 1.807) is 14.1 Å². The van der Waals surface area contributed by atoms with E-state index in [-0.39, 0.29) is 22.5 Å². The average molecular weight is 599 g/mol. The van der Waals surface area contributed by atoms with Crippen LogP contribution in [0.2, 0.25) is 0 Å². The van der Waals surface area contributed by atoms with Gasteiger partial charge in [-0.1, -0.05) is 45.9 Å². The SMILES string of the molecule is CC(C)c1cccc(C(C)C)c1O.Cn1c(=O)c2[nH]cnc2n(C)c1=O.Cn1c(=O)c2[nH]cnc2n(C)c1=O.NCCN. The largest absolute Gasteiger partial charge is 0.507 e. The van der Waals surface area contributed by atoms with Gasteiger partial charge in [0, 0.05) is 41.3 Å². The zero-order valence-corrected chi connectivity index (χ0v) is 25.9. The molecule has 0 saturated carbocycles. The summed E-state index contributed by atoms with van der Waals surface area (Å²) in [6.45, 7) is 9.58. The number of rotatable bonds is 3. The molecule has 0 atom stereocenters. The Hall–Kier alpha value is -4.76. The summed E-state index contributed by atoms with van der Waals surface area (Å²) in [4.78, 5) is 58.8. The van der Waals surface area contributed by atoms with Gasteiger partial charge in [-0.2, -0.15) is 0 Å². The number of aromatic nitrogens is 8. The van der Waals surface area contributed by atoms with Crippen LogP contribution < -0.4 is 34.0 Å². The first-order chi connectivity index (χ1) is 20.2. The van der Waals surface area contributed by atoms with Crippen LogP contribution >= 0.6 is 0 Å². The van der Waals surface area contributed by atoms with Crippen molar-refractivity contribution in [1.29, 1.82) is 0 Å². The second-order valence-electron chi connectivity index (χ2n) is 10.3. The van der Waals surface area contributed by atoms with Gasteiger partial charge in [0.2, 0.25) is 0 Å². The molecule has 1 aromatic carbocycles. The fourth-order valence-electron chi connectivity index (χ4n) is 4.05.